The van der Waals surface area contributed by atoms with Crippen LogP contribution in [-0.4, -0.2) is 38.1 Å². The van der Waals surface area contributed by atoms with Gasteiger partial charge in [0.15, 0.2) is 0 Å². The predicted molar refractivity (Wildman–Crippen MR) is 64.6 cm³/mol. The Balaban J connectivity index is 2.19. The topological polar surface area (TPSA) is 56.4 Å². The number of nitrogens with one attached hydrogen (secondary N) is 3. The van der Waals surface area contributed by atoms with E-state index >= 15 is 0 Å². The van der Waals surface area contributed by atoms with Crippen LogP contribution in [0.25, 0.3) is 0 Å². The molecule has 0 saturated heterocycles. The molecule has 16 heavy (non-hydrogen) atoms. The first-order valence-electron chi connectivity index (χ1n) is 5.27. The summed E-state index contributed by atoms with van der Waals surface area (Å²) in [5.74, 6) is -0.0971. The molecule has 0 aliphatic carbocycles. The van der Waals surface area contributed by atoms with Gasteiger partial charge in [0.05, 0.1) is 11.4 Å². The number of benzene rings is 1. The molecule has 1 aliphatic rings. The Morgan fingerprint density at radius 1 is 1.25 bits per heavy atom. The summed E-state index contributed by atoms with van der Waals surface area (Å²) < 4.78 is 0. The van der Waals surface area contributed by atoms with Crippen molar-refractivity contribution in [3.05, 3.63) is 23.8 Å². The maximum Gasteiger partial charge on any atom is 0.265 e. The average Bonchev–Trinajstić information content (AvgIpc) is 2.27. The summed E-state index contributed by atoms with van der Waals surface area (Å²) in [6, 6.07) is 5.60. The zero-order chi connectivity index (χ0) is 11.5. The Morgan fingerprint density at radius 3 is 2.62 bits per heavy atom. The first-order chi connectivity index (χ1) is 7.66. The van der Waals surface area contributed by atoms with Crippen LogP contribution in [0.4, 0.5) is 11.4 Å². The third-order valence-corrected chi connectivity index (χ3v) is 2.36. The summed E-state index contributed by atoms with van der Waals surface area (Å²) in [5.41, 5.74) is 5.40. The number of nitrogens with zero attached hydrogens (tertiary/aromatic N) is 1. The highest BCUT2D eigenvalue weighted by atomic mass is 16.2. The van der Waals surface area contributed by atoms with Gasteiger partial charge in [0, 0.05) is 32.7 Å². The first-order valence-corrected chi connectivity index (χ1v) is 5.27. The number of carbonyl (C=O) groups is 1. The standard InChI is InChI=1S/C11H16N4O/c1-15(2)14-11(16)8-3-4-9-10(7-8)13-6-5-12-9/h3-4,7,12-13H,5-6H2,1-2H3,(H,14,16). The summed E-state index contributed by atoms with van der Waals surface area (Å²) >= 11 is 0. The lowest BCUT2D eigenvalue weighted by molar-refractivity contribution is 0.0857. The Bertz CT molecular complexity index is 403. The lowest BCUT2D eigenvalue weighted by Crippen LogP contribution is -2.36. The molecule has 0 saturated carbocycles. The quantitative estimate of drug-likeness (QED) is 0.643. The average molecular weight is 220 g/mol. The molecule has 1 aliphatic heterocycles. The maximum absolute atomic E-state index is 11.7. The minimum Gasteiger partial charge on any atom is -0.382 e. The lowest BCUT2D eigenvalue weighted by atomic mass is 10.1. The van der Waals surface area contributed by atoms with Crippen molar-refractivity contribution in [2.24, 2.45) is 0 Å². The molecular weight excluding hydrogens is 204 g/mol. The normalized spacial score (nSPS) is 13.7. The van der Waals surface area contributed by atoms with Gasteiger partial charge in [-0.1, -0.05) is 0 Å². The molecule has 5 nitrogen and oxygen atoms in total. The van der Waals surface area contributed by atoms with E-state index < -0.39 is 0 Å². The van der Waals surface area contributed by atoms with E-state index in [2.05, 4.69) is 16.1 Å². The van der Waals surface area contributed by atoms with Crippen LogP contribution in [-0.2, 0) is 0 Å². The monoisotopic (exact) mass is 220 g/mol. The van der Waals surface area contributed by atoms with E-state index in [-0.39, 0.29) is 5.91 Å². The molecule has 0 aromatic heterocycles. The van der Waals surface area contributed by atoms with Crippen molar-refractivity contribution >= 4 is 17.3 Å². The zero-order valence-corrected chi connectivity index (χ0v) is 9.50. The number of hydrogen-bond acceptors (Lipinski definition) is 4. The highest BCUT2D eigenvalue weighted by Gasteiger charge is 2.12. The van der Waals surface area contributed by atoms with Crippen LogP contribution >= 0.6 is 0 Å². The fraction of sp³-hybridized carbons (Fsp3) is 0.364. The third-order valence-electron chi connectivity index (χ3n) is 2.36. The number of amides is 1. The molecule has 1 amide bonds. The van der Waals surface area contributed by atoms with E-state index in [1.165, 1.54) is 0 Å². The maximum atomic E-state index is 11.7. The van der Waals surface area contributed by atoms with Crippen LogP contribution < -0.4 is 16.1 Å². The molecule has 3 N–H and O–H groups in total. The number of anilines is 2. The summed E-state index contributed by atoms with van der Waals surface area (Å²) in [6.45, 7) is 1.79. The van der Waals surface area contributed by atoms with Gasteiger partial charge in [-0.25, -0.2) is 5.01 Å². The van der Waals surface area contributed by atoms with Gasteiger partial charge in [-0.15, -0.1) is 0 Å². The molecule has 0 spiro atoms. The van der Waals surface area contributed by atoms with Crippen LogP contribution in [0, 0.1) is 0 Å². The lowest BCUT2D eigenvalue weighted by Gasteiger charge is -2.20. The van der Waals surface area contributed by atoms with Gasteiger partial charge >= 0.3 is 0 Å². The fourth-order valence-electron chi connectivity index (χ4n) is 1.65. The second-order valence-corrected chi connectivity index (χ2v) is 3.95. The molecule has 1 aromatic carbocycles. The Hall–Kier alpha value is -1.75. The van der Waals surface area contributed by atoms with Crippen molar-refractivity contribution < 1.29 is 4.79 Å². The molecule has 86 valence electrons. The first kappa shape index (κ1) is 10.8. The Kier molecular flexibility index (Phi) is 2.96. The molecule has 0 unspecified atom stereocenters. The van der Waals surface area contributed by atoms with Crippen molar-refractivity contribution in [2.45, 2.75) is 0 Å². The molecule has 0 radical (unpaired) electrons. The van der Waals surface area contributed by atoms with Crippen molar-refractivity contribution in [3.8, 4) is 0 Å². The van der Waals surface area contributed by atoms with E-state index in [1.807, 2.05) is 18.2 Å². The molecule has 0 atom stereocenters. The molecule has 5 heteroatoms. The summed E-state index contributed by atoms with van der Waals surface area (Å²) in [6.07, 6.45) is 0. The van der Waals surface area contributed by atoms with E-state index in [4.69, 9.17) is 0 Å². The Labute approximate surface area is 94.8 Å². The largest absolute Gasteiger partial charge is 0.382 e. The van der Waals surface area contributed by atoms with Gasteiger partial charge in [0.2, 0.25) is 0 Å². The number of hydrogen-bond donors (Lipinski definition) is 3. The second-order valence-electron chi connectivity index (χ2n) is 3.95. The fourth-order valence-corrected chi connectivity index (χ4v) is 1.65. The SMILES string of the molecule is CN(C)NC(=O)c1ccc2c(c1)NCCN2. The molecule has 0 bridgehead atoms. The zero-order valence-electron chi connectivity index (χ0n) is 9.50. The molecule has 1 aromatic rings. The predicted octanol–water partition coefficient (Wildman–Crippen LogP) is 0.730. The van der Waals surface area contributed by atoms with Crippen LogP contribution in [0.1, 0.15) is 10.4 Å². The number of rotatable bonds is 2. The van der Waals surface area contributed by atoms with E-state index in [1.54, 1.807) is 19.1 Å². The minimum absolute atomic E-state index is 0.0971. The van der Waals surface area contributed by atoms with E-state index in [0.29, 0.717) is 5.56 Å². The van der Waals surface area contributed by atoms with Crippen LogP contribution in [0.15, 0.2) is 18.2 Å². The van der Waals surface area contributed by atoms with E-state index in [0.717, 1.165) is 24.5 Å². The van der Waals surface area contributed by atoms with Crippen molar-refractivity contribution in [1.82, 2.24) is 10.4 Å². The van der Waals surface area contributed by atoms with Crippen molar-refractivity contribution in [2.75, 3.05) is 37.8 Å². The summed E-state index contributed by atoms with van der Waals surface area (Å²) in [5, 5.41) is 8.15. The third kappa shape index (κ3) is 2.25. The molecule has 2 rings (SSSR count). The highest BCUT2D eigenvalue weighted by molar-refractivity contribution is 5.96. The van der Waals surface area contributed by atoms with Gasteiger partial charge in [0.25, 0.3) is 5.91 Å². The molecule has 0 fully saturated rings. The van der Waals surface area contributed by atoms with Crippen LogP contribution in [0.2, 0.25) is 0 Å². The number of hydrazine groups is 1. The number of carbonyl (C=O) groups excluding carboxylic acids is 1. The van der Waals surface area contributed by atoms with Gasteiger partial charge in [-0.3, -0.25) is 10.2 Å². The van der Waals surface area contributed by atoms with Crippen molar-refractivity contribution in [3.63, 3.8) is 0 Å². The van der Waals surface area contributed by atoms with E-state index in [9.17, 15) is 4.79 Å². The smallest absolute Gasteiger partial charge is 0.265 e. The van der Waals surface area contributed by atoms with Gasteiger partial charge in [-0.05, 0) is 18.2 Å². The van der Waals surface area contributed by atoms with Gasteiger partial charge in [-0.2, -0.15) is 0 Å². The van der Waals surface area contributed by atoms with Crippen LogP contribution in [0.5, 0.6) is 0 Å². The Morgan fingerprint density at radius 2 is 1.94 bits per heavy atom. The van der Waals surface area contributed by atoms with Crippen molar-refractivity contribution in [1.29, 1.82) is 0 Å². The van der Waals surface area contributed by atoms with Gasteiger partial charge in [0.1, 0.15) is 0 Å². The molecule has 1 heterocycles. The summed E-state index contributed by atoms with van der Waals surface area (Å²) in [4.78, 5) is 11.7. The van der Waals surface area contributed by atoms with Gasteiger partial charge < -0.3 is 10.6 Å². The highest BCUT2D eigenvalue weighted by Crippen LogP contribution is 2.25. The summed E-state index contributed by atoms with van der Waals surface area (Å²) in [7, 11) is 3.58. The molecular formula is C11H16N4O. The second kappa shape index (κ2) is 4.40. The van der Waals surface area contributed by atoms with Crippen LogP contribution in [0.3, 0.4) is 0 Å². The number of fused-ring (bicyclic) bond motifs is 1. The minimum atomic E-state index is -0.0971.